The minimum atomic E-state index is -0.615. The van der Waals surface area contributed by atoms with E-state index in [-0.39, 0.29) is 0 Å². The van der Waals surface area contributed by atoms with Crippen LogP contribution in [0, 0.1) is 13.8 Å². The van der Waals surface area contributed by atoms with Crippen LogP contribution in [0.3, 0.4) is 0 Å². The molecule has 88 valence electrons. The molecule has 0 bridgehead atoms. The van der Waals surface area contributed by atoms with E-state index < -0.39 is 5.60 Å². The zero-order chi connectivity index (χ0) is 11.8. The number of aryl methyl sites for hydroxylation is 2. The van der Waals surface area contributed by atoms with Crippen LogP contribution < -0.4 is 5.32 Å². The van der Waals surface area contributed by atoms with Gasteiger partial charge in [0.25, 0.3) is 0 Å². The minimum Gasteiger partial charge on any atom is -0.507 e. The largest absolute Gasteiger partial charge is 0.507 e. The molecule has 1 aliphatic heterocycles. The maximum absolute atomic E-state index is 10.3. The summed E-state index contributed by atoms with van der Waals surface area (Å²) >= 11 is 0. The number of β-amino-alcohol motifs (C(OH)–C–C–N with tert-alkyl or cyclic N) is 1. The van der Waals surface area contributed by atoms with Gasteiger partial charge in [-0.25, -0.2) is 0 Å². The van der Waals surface area contributed by atoms with Gasteiger partial charge in [0, 0.05) is 13.0 Å². The highest BCUT2D eigenvalue weighted by Gasteiger charge is 2.31. The van der Waals surface area contributed by atoms with Crippen LogP contribution in [0.15, 0.2) is 12.1 Å². The monoisotopic (exact) mass is 221 g/mol. The van der Waals surface area contributed by atoms with Crippen LogP contribution >= 0.6 is 0 Å². The predicted molar refractivity (Wildman–Crippen MR) is 63.7 cm³/mol. The lowest BCUT2D eigenvalue weighted by atomic mass is 9.92. The number of hydrogen-bond donors (Lipinski definition) is 3. The SMILES string of the molecule is Cc1cc(CC2(O)CCNC2)cc(C)c1O. The molecule has 0 spiro atoms. The zero-order valence-electron chi connectivity index (χ0n) is 9.88. The van der Waals surface area contributed by atoms with E-state index in [1.165, 1.54) is 0 Å². The Kier molecular flexibility index (Phi) is 2.91. The number of rotatable bonds is 2. The molecule has 1 aromatic carbocycles. The second-order valence-corrected chi connectivity index (χ2v) is 4.91. The smallest absolute Gasteiger partial charge is 0.121 e. The predicted octanol–water partition coefficient (Wildman–Crippen LogP) is 1.28. The summed E-state index contributed by atoms with van der Waals surface area (Å²) in [5.74, 6) is 0.361. The highest BCUT2D eigenvalue weighted by atomic mass is 16.3. The van der Waals surface area contributed by atoms with E-state index in [2.05, 4.69) is 5.32 Å². The van der Waals surface area contributed by atoms with Gasteiger partial charge in [0.05, 0.1) is 5.60 Å². The van der Waals surface area contributed by atoms with Gasteiger partial charge in [0.2, 0.25) is 0 Å². The standard InChI is InChI=1S/C13H19NO2/c1-9-5-11(6-10(2)12(9)15)7-13(16)3-4-14-8-13/h5-6,14-16H,3-4,7-8H2,1-2H3. The fourth-order valence-electron chi connectivity index (χ4n) is 2.41. The Morgan fingerprint density at radius 3 is 2.44 bits per heavy atom. The summed E-state index contributed by atoms with van der Waals surface area (Å²) in [7, 11) is 0. The number of aromatic hydroxyl groups is 1. The third-order valence-electron chi connectivity index (χ3n) is 3.31. The highest BCUT2D eigenvalue weighted by molar-refractivity contribution is 5.42. The molecule has 3 heteroatoms. The van der Waals surface area contributed by atoms with Gasteiger partial charge in [0.15, 0.2) is 0 Å². The maximum atomic E-state index is 10.3. The van der Waals surface area contributed by atoms with Crippen molar-refractivity contribution in [2.45, 2.75) is 32.3 Å². The summed E-state index contributed by atoms with van der Waals surface area (Å²) in [5, 5.41) is 23.1. The first-order valence-corrected chi connectivity index (χ1v) is 5.72. The Balaban J connectivity index is 2.22. The van der Waals surface area contributed by atoms with Gasteiger partial charge >= 0.3 is 0 Å². The first-order valence-electron chi connectivity index (χ1n) is 5.72. The van der Waals surface area contributed by atoms with E-state index in [4.69, 9.17) is 0 Å². The van der Waals surface area contributed by atoms with Crippen LogP contribution in [0.1, 0.15) is 23.1 Å². The molecule has 3 N–H and O–H groups in total. The van der Waals surface area contributed by atoms with Crippen LogP contribution in [0.2, 0.25) is 0 Å². The van der Waals surface area contributed by atoms with Crippen molar-refractivity contribution in [3.8, 4) is 5.75 Å². The summed E-state index contributed by atoms with van der Waals surface area (Å²) in [6.45, 7) is 5.32. The van der Waals surface area contributed by atoms with E-state index in [0.29, 0.717) is 18.7 Å². The molecule has 1 aromatic rings. The Hall–Kier alpha value is -1.06. The average molecular weight is 221 g/mol. The molecule has 16 heavy (non-hydrogen) atoms. The summed E-state index contributed by atoms with van der Waals surface area (Å²) in [5.41, 5.74) is 2.24. The van der Waals surface area contributed by atoms with E-state index in [1.807, 2.05) is 26.0 Å². The van der Waals surface area contributed by atoms with Crippen LogP contribution in [-0.4, -0.2) is 28.9 Å². The van der Waals surface area contributed by atoms with Crippen LogP contribution in [0.25, 0.3) is 0 Å². The van der Waals surface area contributed by atoms with E-state index in [0.717, 1.165) is 29.7 Å². The first kappa shape index (κ1) is 11.4. The lowest BCUT2D eigenvalue weighted by Crippen LogP contribution is -2.33. The van der Waals surface area contributed by atoms with Crippen molar-refractivity contribution in [2.24, 2.45) is 0 Å². The fourth-order valence-corrected chi connectivity index (χ4v) is 2.41. The Morgan fingerprint density at radius 2 is 1.94 bits per heavy atom. The number of phenols is 1. The van der Waals surface area contributed by atoms with Crippen molar-refractivity contribution < 1.29 is 10.2 Å². The third-order valence-corrected chi connectivity index (χ3v) is 3.31. The molecule has 1 aliphatic rings. The lowest BCUT2D eigenvalue weighted by molar-refractivity contribution is 0.0618. The first-order chi connectivity index (χ1) is 7.50. The molecule has 1 saturated heterocycles. The van der Waals surface area contributed by atoms with Gasteiger partial charge in [-0.05, 0) is 43.5 Å². The number of phenolic OH excluding ortho intramolecular Hbond substituents is 1. The number of nitrogens with one attached hydrogen (secondary N) is 1. The molecule has 3 nitrogen and oxygen atoms in total. The number of aliphatic hydroxyl groups is 1. The van der Waals surface area contributed by atoms with Gasteiger partial charge in [0.1, 0.15) is 5.75 Å². The van der Waals surface area contributed by atoms with Crippen molar-refractivity contribution in [3.05, 3.63) is 28.8 Å². The highest BCUT2D eigenvalue weighted by Crippen LogP contribution is 2.27. The molecule has 1 heterocycles. The summed E-state index contributed by atoms with van der Waals surface area (Å²) in [6, 6.07) is 3.91. The third kappa shape index (κ3) is 2.20. The van der Waals surface area contributed by atoms with Gasteiger partial charge < -0.3 is 15.5 Å². The van der Waals surface area contributed by atoms with Crippen molar-refractivity contribution in [2.75, 3.05) is 13.1 Å². The van der Waals surface area contributed by atoms with Crippen molar-refractivity contribution in [1.29, 1.82) is 0 Å². The molecular formula is C13H19NO2. The second kappa shape index (κ2) is 4.07. The molecule has 0 radical (unpaired) electrons. The molecule has 0 aromatic heterocycles. The quantitative estimate of drug-likeness (QED) is 0.705. The molecule has 0 saturated carbocycles. The Morgan fingerprint density at radius 1 is 1.31 bits per heavy atom. The van der Waals surface area contributed by atoms with Crippen LogP contribution in [0.4, 0.5) is 0 Å². The van der Waals surface area contributed by atoms with E-state index >= 15 is 0 Å². The Labute approximate surface area is 96.1 Å². The summed E-state index contributed by atoms with van der Waals surface area (Å²) < 4.78 is 0. The molecule has 0 amide bonds. The maximum Gasteiger partial charge on any atom is 0.121 e. The molecular weight excluding hydrogens is 202 g/mol. The van der Waals surface area contributed by atoms with Crippen molar-refractivity contribution in [3.63, 3.8) is 0 Å². The van der Waals surface area contributed by atoms with Gasteiger partial charge in [-0.15, -0.1) is 0 Å². The Bertz CT molecular complexity index is 372. The van der Waals surface area contributed by atoms with Crippen molar-refractivity contribution in [1.82, 2.24) is 5.32 Å². The van der Waals surface area contributed by atoms with Crippen molar-refractivity contribution >= 4 is 0 Å². The minimum absolute atomic E-state index is 0.361. The second-order valence-electron chi connectivity index (χ2n) is 4.91. The van der Waals surface area contributed by atoms with Gasteiger partial charge in [-0.3, -0.25) is 0 Å². The van der Waals surface area contributed by atoms with Crippen LogP contribution in [0.5, 0.6) is 5.75 Å². The molecule has 1 unspecified atom stereocenters. The summed E-state index contributed by atoms with van der Waals surface area (Å²) in [4.78, 5) is 0. The number of benzene rings is 1. The molecule has 0 aliphatic carbocycles. The van der Waals surface area contributed by atoms with Gasteiger partial charge in [-0.2, -0.15) is 0 Å². The topological polar surface area (TPSA) is 52.5 Å². The van der Waals surface area contributed by atoms with Gasteiger partial charge in [-0.1, -0.05) is 12.1 Å². The van der Waals surface area contributed by atoms with Crippen LogP contribution in [-0.2, 0) is 6.42 Å². The normalized spacial score (nSPS) is 24.9. The molecule has 2 rings (SSSR count). The lowest BCUT2D eigenvalue weighted by Gasteiger charge is -2.22. The van der Waals surface area contributed by atoms with E-state index in [1.54, 1.807) is 0 Å². The zero-order valence-corrected chi connectivity index (χ0v) is 9.88. The van der Waals surface area contributed by atoms with E-state index in [9.17, 15) is 10.2 Å². The summed E-state index contributed by atoms with van der Waals surface area (Å²) in [6.07, 6.45) is 1.45. The molecule has 1 atom stereocenters. The molecule has 1 fully saturated rings. The average Bonchev–Trinajstić information content (AvgIpc) is 2.61. The fraction of sp³-hybridized carbons (Fsp3) is 0.538. The number of hydrogen-bond acceptors (Lipinski definition) is 3.